The average Bonchev–Trinajstić information content (AvgIpc) is 3.20. The molecule has 0 saturated heterocycles. The van der Waals surface area contributed by atoms with E-state index in [0.717, 1.165) is 36.0 Å². The van der Waals surface area contributed by atoms with Crippen molar-refractivity contribution in [2.75, 3.05) is 13.2 Å². The van der Waals surface area contributed by atoms with Gasteiger partial charge in [-0.15, -0.1) is 11.3 Å². The lowest BCUT2D eigenvalue weighted by Gasteiger charge is -2.10. The Labute approximate surface area is 136 Å². The summed E-state index contributed by atoms with van der Waals surface area (Å²) >= 11 is 1.76. The highest BCUT2D eigenvalue weighted by atomic mass is 32.1. The van der Waals surface area contributed by atoms with Crippen LogP contribution >= 0.6 is 11.3 Å². The summed E-state index contributed by atoms with van der Waals surface area (Å²) in [6.45, 7) is 3.75. The van der Waals surface area contributed by atoms with E-state index in [1.54, 1.807) is 11.3 Å². The lowest BCUT2D eigenvalue weighted by Crippen LogP contribution is -2.27. The molecular weight excluding hydrogens is 292 g/mol. The highest BCUT2D eigenvalue weighted by Crippen LogP contribution is 2.24. The number of nitrogens with one attached hydrogen (secondary N) is 1. The average molecular weight is 316 g/mol. The van der Waals surface area contributed by atoms with Crippen LogP contribution in [0.1, 0.15) is 37.6 Å². The number of thiazole rings is 1. The second kappa shape index (κ2) is 7.75. The Hall–Kier alpha value is -1.39. The fourth-order valence-electron chi connectivity index (χ4n) is 2.96. The molecule has 0 atom stereocenters. The molecule has 0 spiro atoms. The van der Waals surface area contributed by atoms with Gasteiger partial charge in [-0.3, -0.25) is 0 Å². The van der Waals surface area contributed by atoms with E-state index in [0.29, 0.717) is 6.61 Å². The highest BCUT2D eigenvalue weighted by molar-refractivity contribution is 7.09. The number of benzene rings is 1. The Morgan fingerprint density at radius 3 is 2.73 bits per heavy atom. The monoisotopic (exact) mass is 316 g/mol. The summed E-state index contributed by atoms with van der Waals surface area (Å²) in [5.41, 5.74) is 2.23. The second-order valence-corrected chi connectivity index (χ2v) is 6.71. The fourth-order valence-corrected chi connectivity index (χ4v) is 3.77. The quantitative estimate of drug-likeness (QED) is 0.827. The van der Waals surface area contributed by atoms with Gasteiger partial charge in [0.15, 0.2) is 0 Å². The molecule has 22 heavy (non-hydrogen) atoms. The number of rotatable bonds is 7. The summed E-state index contributed by atoms with van der Waals surface area (Å²) in [5, 5.41) is 7.02. The molecule has 1 fully saturated rings. The van der Waals surface area contributed by atoms with Crippen LogP contribution in [0.3, 0.4) is 0 Å². The van der Waals surface area contributed by atoms with E-state index in [1.807, 2.05) is 19.1 Å². The van der Waals surface area contributed by atoms with E-state index in [4.69, 9.17) is 9.72 Å². The van der Waals surface area contributed by atoms with Gasteiger partial charge in [0.05, 0.1) is 17.3 Å². The molecule has 1 aliphatic carbocycles. The van der Waals surface area contributed by atoms with Crippen LogP contribution < -0.4 is 10.1 Å². The van der Waals surface area contributed by atoms with Gasteiger partial charge < -0.3 is 10.1 Å². The highest BCUT2D eigenvalue weighted by Gasteiger charge is 2.13. The lowest BCUT2D eigenvalue weighted by molar-refractivity contribution is 0.340. The zero-order chi connectivity index (χ0) is 15.2. The molecule has 1 N–H and O–H groups in total. The standard InChI is InChI=1S/C18H24N2OS/c1-2-21-16-9-7-14(8-10-16)17-13-22-18(20-17)11-12-19-15-5-3-4-6-15/h7-10,13,15,19H,2-6,11-12H2,1H3. The molecule has 0 radical (unpaired) electrons. The zero-order valence-corrected chi connectivity index (χ0v) is 14.0. The number of aromatic nitrogens is 1. The van der Waals surface area contributed by atoms with E-state index in [9.17, 15) is 0 Å². The first kappa shape index (κ1) is 15.5. The van der Waals surface area contributed by atoms with E-state index < -0.39 is 0 Å². The van der Waals surface area contributed by atoms with Crippen molar-refractivity contribution in [2.24, 2.45) is 0 Å². The first-order valence-electron chi connectivity index (χ1n) is 8.26. The van der Waals surface area contributed by atoms with Crippen LogP contribution in [0.5, 0.6) is 5.75 Å². The number of hydrogen-bond donors (Lipinski definition) is 1. The van der Waals surface area contributed by atoms with Crippen LogP contribution in [0.15, 0.2) is 29.6 Å². The van der Waals surface area contributed by atoms with Gasteiger partial charge in [-0.25, -0.2) is 4.98 Å². The Bertz CT molecular complexity index is 573. The topological polar surface area (TPSA) is 34.1 Å². The predicted octanol–water partition coefficient (Wildman–Crippen LogP) is 4.28. The molecule has 4 heteroatoms. The minimum Gasteiger partial charge on any atom is -0.494 e. The van der Waals surface area contributed by atoms with Crippen LogP contribution in [-0.2, 0) is 6.42 Å². The molecule has 0 amide bonds. The predicted molar refractivity (Wildman–Crippen MR) is 92.7 cm³/mol. The summed E-state index contributed by atoms with van der Waals surface area (Å²) < 4.78 is 5.48. The van der Waals surface area contributed by atoms with Crippen molar-refractivity contribution in [1.82, 2.24) is 10.3 Å². The largest absolute Gasteiger partial charge is 0.494 e. The van der Waals surface area contributed by atoms with Gasteiger partial charge in [-0.2, -0.15) is 0 Å². The maximum atomic E-state index is 5.48. The van der Waals surface area contributed by atoms with E-state index >= 15 is 0 Å². The minimum atomic E-state index is 0.703. The first-order valence-corrected chi connectivity index (χ1v) is 9.14. The van der Waals surface area contributed by atoms with Crippen LogP contribution in [0.4, 0.5) is 0 Å². The number of nitrogens with zero attached hydrogens (tertiary/aromatic N) is 1. The molecule has 3 nitrogen and oxygen atoms in total. The Morgan fingerprint density at radius 2 is 2.00 bits per heavy atom. The van der Waals surface area contributed by atoms with Gasteiger partial charge >= 0.3 is 0 Å². The molecule has 1 aliphatic rings. The molecule has 3 rings (SSSR count). The molecule has 2 aromatic rings. The molecule has 1 heterocycles. The van der Waals surface area contributed by atoms with E-state index in [2.05, 4.69) is 22.8 Å². The maximum Gasteiger partial charge on any atom is 0.119 e. The fraction of sp³-hybridized carbons (Fsp3) is 0.500. The summed E-state index contributed by atoms with van der Waals surface area (Å²) in [5.74, 6) is 0.919. The molecule has 0 bridgehead atoms. The molecule has 0 aliphatic heterocycles. The summed E-state index contributed by atoms with van der Waals surface area (Å²) in [6, 6.07) is 8.94. The SMILES string of the molecule is CCOc1ccc(-c2csc(CCNC3CCCC3)n2)cc1. The summed E-state index contributed by atoms with van der Waals surface area (Å²) in [7, 11) is 0. The van der Waals surface area contributed by atoms with Crippen molar-refractivity contribution in [3.05, 3.63) is 34.7 Å². The normalized spacial score (nSPS) is 15.3. The molecule has 1 saturated carbocycles. The smallest absolute Gasteiger partial charge is 0.119 e. The van der Waals surface area contributed by atoms with E-state index in [1.165, 1.54) is 30.7 Å². The Kier molecular flexibility index (Phi) is 5.46. The third kappa shape index (κ3) is 4.08. The molecule has 1 aromatic carbocycles. The van der Waals surface area contributed by atoms with Crippen molar-refractivity contribution >= 4 is 11.3 Å². The van der Waals surface area contributed by atoms with Crippen molar-refractivity contribution in [3.63, 3.8) is 0 Å². The van der Waals surface area contributed by atoms with Gasteiger partial charge in [0.2, 0.25) is 0 Å². The van der Waals surface area contributed by atoms with Gasteiger partial charge in [-0.1, -0.05) is 12.8 Å². The third-order valence-corrected chi connectivity index (χ3v) is 5.05. The van der Waals surface area contributed by atoms with Gasteiger partial charge in [0.25, 0.3) is 0 Å². The first-order chi connectivity index (χ1) is 10.8. The molecular formula is C18H24N2OS. The van der Waals surface area contributed by atoms with Crippen LogP contribution in [0, 0.1) is 0 Å². The Balaban J connectivity index is 1.53. The zero-order valence-electron chi connectivity index (χ0n) is 13.2. The van der Waals surface area contributed by atoms with Gasteiger partial charge in [0.1, 0.15) is 5.75 Å². The molecule has 118 valence electrons. The minimum absolute atomic E-state index is 0.703. The van der Waals surface area contributed by atoms with Crippen molar-refractivity contribution in [3.8, 4) is 17.0 Å². The second-order valence-electron chi connectivity index (χ2n) is 5.77. The van der Waals surface area contributed by atoms with Crippen molar-refractivity contribution < 1.29 is 4.74 Å². The van der Waals surface area contributed by atoms with E-state index in [-0.39, 0.29) is 0 Å². The third-order valence-electron chi connectivity index (χ3n) is 4.14. The Morgan fingerprint density at radius 1 is 1.23 bits per heavy atom. The lowest BCUT2D eigenvalue weighted by atomic mass is 10.2. The van der Waals surface area contributed by atoms with Crippen LogP contribution in [0.25, 0.3) is 11.3 Å². The van der Waals surface area contributed by atoms with Crippen LogP contribution in [0.2, 0.25) is 0 Å². The molecule has 0 unspecified atom stereocenters. The number of hydrogen-bond acceptors (Lipinski definition) is 4. The van der Waals surface area contributed by atoms with Gasteiger partial charge in [-0.05, 0) is 44.0 Å². The van der Waals surface area contributed by atoms with Crippen molar-refractivity contribution in [2.45, 2.75) is 45.1 Å². The maximum absolute atomic E-state index is 5.48. The summed E-state index contributed by atoms with van der Waals surface area (Å²) in [6.07, 6.45) is 6.48. The number of ether oxygens (including phenoxy) is 1. The van der Waals surface area contributed by atoms with Crippen LogP contribution in [-0.4, -0.2) is 24.2 Å². The van der Waals surface area contributed by atoms with Gasteiger partial charge in [0, 0.05) is 30.0 Å². The molecule has 1 aromatic heterocycles. The summed E-state index contributed by atoms with van der Waals surface area (Å²) in [4.78, 5) is 4.76. The van der Waals surface area contributed by atoms with Crippen molar-refractivity contribution in [1.29, 1.82) is 0 Å².